The molecule has 2 fully saturated rings. The molecule has 6 nitrogen and oxygen atoms in total. The standard InChI is InChI=1S/C16H18N4O2S/c1-19(9-21)14-8-23-15-5-17-12(4-11(14)15)16(22)18-13-7-20-3-2-10(13)6-20/h4-5,8-10,13H,2-3,6-7H2,1H3,(H,18,22). The molecular formula is C16H18N4O2S. The number of nitrogens with zero attached hydrogens (tertiary/aromatic N) is 3. The molecule has 23 heavy (non-hydrogen) atoms. The van der Waals surface area contributed by atoms with Crippen molar-refractivity contribution in [3.8, 4) is 0 Å². The van der Waals surface area contributed by atoms with Gasteiger partial charge in [0, 0.05) is 43.1 Å². The van der Waals surface area contributed by atoms with Crippen LogP contribution in [0.1, 0.15) is 16.9 Å². The Morgan fingerprint density at radius 3 is 3.09 bits per heavy atom. The predicted octanol–water partition coefficient (Wildman–Crippen LogP) is 1.32. The van der Waals surface area contributed by atoms with E-state index in [1.807, 2.05) is 5.38 Å². The summed E-state index contributed by atoms with van der Waals surface area (Å²) in [5, 5.41) is 5.92. The number of carbonyl (C=O) groups is 2. The summed E-state index contributed by atoms with van der Waals surface area (Å²) >= 11 is 1.52. The van der Waals surface area contributed by atoms with Gasteiger partial charge >= 0.3 is 0 Å². The van der Waals surface area contributed by atoms with E-state index in [0.29, 0.717) is 11.6 Å². The van der Waals surface area contributed by atoms with E-state index < -0.39 is 0 Å². The molecule has 2 aromatic heterocycles. The van der Waals surface area contributed by atoms with Gasteiger partial charge in [0.2, 0.25) is 6.41 Å². The Bertz CT molecular complexity index is 775. The number of hydrogen-bond acceptors (Lipinski definition) is 5. The van der Waals surface area contributed by atoms with Gasteiger partial charge < -0.3 is 15.1 Å². The summed E-state index contributed by atoms with van der Waals surface area (Å²) in [5.41, 5.74) is 1.22. The third-order valence-electron chi connectivity index (χ3n) is 4.86. The van der Waals surface area contributed by atoms with Crippen LogP contribution in [-0.2, 0) is 4.79 Å². The lowest BCUT2D eigenvalue weighted by Gasteiger charge is -2.22. The molecule has 120 valence electrons. The highest BCUT2D eigenvalue weighted by Crippen LogP contribution is 2.32. The minimum Gasteiger partial charge on any atom is -0.346 e. The highest BCUT2D eigenvalue weighted by atomic mass is 32.1. The highest BCUT2D eigenvalue weighted by Gasteiger charge is 2.38. The Morgan fingerprint density at radius 2 is 2.39 bits per heavy atom. The van der Waals surface area contributed by atoms with Crippen molar-refractivity contribution in [2.75, 3.05) is 31.6 Å². The molecule has 0 spiro atoms. The molecule has 2 aliphatic heterocycles. The Morgan fingerprint density at radius 1 is 1.52 bits per heavy atom. The maximum atomic E-state index is 12.5. The van der Waals surface area contributed by atoms with Crippen LogP contribution in [0.5, 0.6) is 0 Å². The van der Waals surface area contributed by atoms with Crippen LogP contribution in [0, 0.1) is 5.92 Å². The lowest BCUT2D eigenvalue weighted by Crippen LogP contribution is -2.43. The van der Waals surface area contributed by atoms with Gasteiger partial charge in [0.1, 0.15) is 5.69 Å². The molecule has 2 bridgehead atoms. The first-order valence-corrected chi connectivity index (χ1v) is 8.62. The van der Waals surface area contributed by atoms with Gasteiger partial charge in [-0.3, -0.25) is 9.59 Å². The normalized spacial score (nSPS) is 25.7. The molecule has 0 aromatic carbocycles. The lowest BCUT2D eigenvalue weighted by atomic mass is 10.00. The first kappa shape index (κ1) is 14.6. The van der Waals surface area contributed by atoms with Gasteiger partial charge in [0.05, 0.1) is 10.4 Å². The first-order chi connectivity index (χ1) is 11.2. The number of hydrogen-bond donors (Lipinski definition) is 1. The van der Waals surface area contributed by atoms with Crippen molar-refractivity contribution in [3.63, 3.8) is 0 Å². The number of rotatable bonds is 4. The fourth-order valence-corrected chi connectivity index (χ4v) is 4.50. The zero-order chi connectivity index (χ0) is 16.0. The molecule has 0 saturated carbocycles. The van der Waals surface area contributed by atoms with Crippen molar-refractivity contribution < 1.29 is 9.59 Å². The summed E-state index contributed by atoms with van der Waals surface area (Å²) in [6.45, 7) is 3.18. The first-order valence-electron chi connectivity index (χ1n) is 7.74. The molecule has 7 heteroatoms. The number of anilines is 1. The number of aromatic nitrogens is 1. The van der Waals surface area contributed by atoms with E-state index >= 15 is 0 Å². The van der Waals surface area contributed by atoms with Crippen LogP contribution in [0.25, 0.3) is 10.1 Å². The molecule has 3 unspecified atom stereocenters. The number of piperidine rings is 1. The number of amides is 2. The van der Waals surface area contributed by atoms with Gasteiger partial charge in [-0.1, -0.05) is 0 Å². The van der Waals surface area contributed by atoms with E-state index in [-0.39, 0.29) is 11.9 Å². The average molecular weight is 330 g/mol. The number of nitrogens with one attached hydrogen (secondary N) is 1. The molecule has 2 amide bonds. The second-order valence-electron chi connectivity index (χ2n) is 6.29. The van der Waals surface area contributed by atoms with Gasteiger partial charge in [-0.2, -0.15) is 0 Å². The van der Waals surface area contributed by atoms with Crippen LogP contribution in [-0.4, -0.2) is 54.9 Å². The number of carbonyl (C=O) groups excluding carboxylic acids is 2. The highest BCUT2D eigenvalue weighted by molar-refractivity contribution is 7.17. The average Bonchev–Trinajstić information content (AvgIpc) is 3.28. The van der Waals surface area contributed by atoms with Gasteiger partial charge in [-0.25, -0.2) is 4.98 Å². The van der Waals surface area contributed by atoms with E-state index in [1.54, 1.807) is 19.3 Å². The van der Waals surface area contributed by atoms with Crippen LogP contribution in [0.2, 0.25) is 0 Å². The monoisotopic (exact) mass is 330 g/mol. The SMILES string of the molecule is CN(C=O)c1csc2cnc(C(=O)NC3CN4CCC3C4)cc12. The van der Waals surface area contributed by atoms with Crippen LogP contribution < -0.4 is 10.2 Å². The van der Waals surface area contributed by atoms with Crippen molar-refractivity contribution >= 4 is 39.4 Å². The second-order valence-corrected chi connectivity index (χ2v) is 7.20. The molecule has 0 aliphatic carbocycles. The second kappa shape index (κ2) is 5.58. The number of fused-ring (bicyclic) bond motifs is 3. The van der Waals surface area contributed by atoms with Crippen LogP contribution in [0.3, 0.4) is 0 Å². The fourth-order valence-electron chi connectivity index (χ4n) is 3.56. The molecule has 2 aromatic rings. The maximum Gasteiger partial charge on any atom is 0.270 e. The van der Waals surface area contributed by atoms with Crippen LogP contribution >= 0.6 is 11.3 Å². The van der Waals surface area contributed by atoms with E-state index in [0.717, 1.165) is 48.2 Å². The van der Waals surface area contributed by atoms with Gasteiger partial charge in [0.15, 0.2) is 0 Å². The van der Waals surface area contributed by atoms with E-state index in [1.165, 1.54) is 16.2 Å². The minimum atomic E-state index is -0.128. The molecule has 4 heterocycles. The van der Waals surface area contributed by atoms with E-state index in [9.17, 15) is 9.59 Å². The predicted molar refractivity (Wildman–Crippen MR) is 89.9 cm³/mol. The number of pyridine rings is 1. The topological polar surface area (TPSA) is 65.5 Å². The maximum absolute atomic E-state index is 12.5. The molecule has 3 atom stereocenters. The van der Waals surface area contributed by atoms with Crippen LogP contribution in [0.4, 0.5) is 5.69 Å². The third kappa shape index (κ3) is 2.49. The van der Waals surface area contributed by atoms with E-state index in [4.69, 9.17) is 0 Å². The smallest absolute Gasteiger partial charge is 0.270 e. The molecular weight excluding hydrogens is 312 g/mol. The Balaban J connectivity index is 1.58. The van der Waals surface area contributed by atoms with E-state index in [2.05, 4.69) is 15.2 Å². The molecule has 2 saturated heterocycles. The summed E-state index contributed by atoms with van der Waals surface area (Å²) in [6, 6.07) is 2.01. The summed E-state index contributed by atoms with van der Waals surface area (Å²) in [4.78, 5) is 31.7. The zero-order valence-corrected chi connectivity index (χ0v) is 13.7. The Hall–Kier alpha value is -1.99. The van der Waals surface area contributed by atoms with Crippen molar-refractivity contribution in [2.24, 2.45) is 5.92 Å². The van der Waals surface area contributed by atoms with Crippen molar-refractivity contribution in [1.82, 2.24) is 15.2 Å². The zero-order valence-electron chi connectivity index (χ0n) is 12.9. The lowest BCUT2D eigenvalue weighted by molar-refractivity contribution is -0.107. The largest absolute Gasteiger partial charge is 0.346 e. The van der Waals surface area contributed by atoms with Crippen molar-refractivity contribution in [1.29, 1.82) is 0 Å². The summed E-state index contributed by atoms with van der Waals surface area (Å²) < 4.78 is 0.969. The summed E-state index contributed by atoms with van der Waals surface area (Å²) in [7, 11) is 1.71. The van der Waals surface area contributed by atoms with Crippen molar-refractivity contribution in [2.45, 2.75) is 12.5 Å². The quantitative estimate of drug-likeness (QED) is 0.859. The summed E-state index contributed by atoms with van der Waals surface area (Å²) in [5.74, 6) is 0.442. The van der Waals surface area contributed by atoms with Gasteiger partial charge in [0.25, 0.3) is 5.91 Å². The Kier molecular flexibility index (Phi) is 3.54. The fraction of sp³-hybridized carbons (Fsp3) is 0.438. The number of thiophene rings is 1. The molecule has 0 radical (unpaired) electrons. The molecule has 1 N–H and O–H groups in total. The van der Waals surface area contributed by atoms with Crippen molar-refractivity contribution in [3.05, 3.63) is 23.3 Å². The minimum absolute atomic E-state index is 0.128. The molecule has 4 rings (SSSR count). The molecule has 2 aliphatic rings. The third-order valence-corrected chi connectivity index (χ3v) is 5.78. The summed E-state index contributed by atoms with van der Waals surface area (Å²) in [6.07, 6.45) is 3.64. The Labute approximate surface area is 138 Å². The van der Waals surface area contributed by atoms with Crippen LogP contribution in [0.15, 0.2) is 17.6 Å². The van der Waals surface area contributed by atoms with Gasteiger partial charge in [-0.05, 0) is 24.9 Å². The van der Waals surface area contributed by atoms with Gasteiger partial charge in [-0.15, -0.1) is 11.3 Å².